The molecule has 1 aromatic rings. The first-order valence-electron chi connectivity index (χ1n) is 5.53. The quantitative estimate of drug-likeness (QED) is 0.763. The molecule has 0 radical (unpaired) electrons. The molecule has 1 aliphatic carbocycles. The molecule has 0 spiro atoms. The smallest absolute Gasteiger partial charge is 0.140 e. The lowest BCUT2D eigenvalue weighted by Crippen LogP contribution is -2.13. The lowest BCUT2D eigenvalue weighted by molar-refractivity contribution is -0.122. The number of Topliss-reactive ketones (excluding diaryl/α,β-unsaturated/α-hetero) is 1. The van der Waals surface area contributed by atoms with Crippen LogP contribution < -0.4 is 0 Å². The third-order valence-corrected chi connectivity index (χ3v) is 3.31. The van der Waals surface area contributed by atoms with Crippen molar-refractivity contribution in [2.75, 3.05) is 0 Å². The predicted molar refractivity (Wildman–Crippen MR) is 62.1 cm³/mol. The van der Waals surface area contributed by atoms with Gasteiger partial charge in [-0.25, -0.2) is 0 Å². The highest BCUT2D eigenvalue weighted by Gasteiger charge is 2.22. The molecule has 0 bridgehead atoms. The van der Waals surface area contributed by atoms with E-state index in [0.29, 0.717) is 23.1 Å². The molecule has 0 saturated heterocycles. The number of hydrogen-bond donors (Lipinski definition) is 0. The Hall–Kier alpha value is -0.820. The summed E-state index contributed by atoms with van der Waals surface area (Å²) in [5.74, 6) is 0.693. The van der Waals surface area contributed by atoms with Gasteiger partial charge < -0.3 is 0 Å². The fourth-order valence-corrected chi connectivity index (χ4v) is 2.45. The Labute approximate surface area is 95.4 Å². The summed E-state index contributed by atoms with van der Waals surface area (Å²) in [6.07, 6.45) is 5.14. The molecule has 1 aliphatic rings. The zero-order chi connectivity index (χ0) is 10.7. The Morgan fingerprint density at radius 1 is 1.33 bits per heavy atom. The number of hydrogen-bond acceptors (Lipinski definition) is 1. The average molecular weight is 223 g/mol. The van der Waals surface area contributed by atoms with E-state index in [-0.39, 0.29) is 0 Å². The second kappa shape index (κ2) is 4.80. The monoisotopic (exact) mass is 222 g/mol. The highest BCUT2D eigenvalue weighted by atomic mass is 35.5. The van der Waals surface area contributed by atoms with Crippen LogP contribution in [-0.4, -0.2) is 5.78 Å². The number of carbonyl (C=O) groups is 1. The summed E-state index contributed by atoms with van der Waals surface area (Å²) >= 11 is 5.88. The Bertz CT molecular complexity index is 353. The van der Waals surface area contributed by atoms with Crippen LogP contribution in [0, 0.1) is 5.92 Å². The topological polar surface area (TPSA) is 17.1 Å². The fraction of sp³-hybridized carbons (Fsp3) is 0.462. The highest BCUT2D eigenvalue weighted by Crippen LogP contribution is 2.26. The van der Waals surface area contributed by atoms with Crippen molar-refractivity contribution in [2.24, 2.45) is 5.92 Å². The maximum Gasteiger partial charge on any atom is 0.140 e. The van der Waals surface area contributed by atoms with Crippen LogP contribution in [0.25, 0.3) is 0 Å². The van der Waals surface area contributed by atoms with Gasteiger partial charge in [-0.05, 0) is 30.5 Å². The highest BCUT2D eigenvalue weighted by molar-refractivity contribution is 6.30. The van der Waals surface area contributed by atoms with Gasteiger partial charge in [-0.3, -0.25) is 4.79 Å². The fourth-order valence-electron chi connectivity index (χ4n) is 2.24. The first-order chi connectivity index (χ1) is 7.25. The van der Waals surface area contributed by atoms with Crippen molar-refractivity contribution in [1.82, 2.24) is 0 Å². The number of halogens is 1. The molecule has 0 aliphatic heterocycles. The van der Waals surface area contributed by atoms with Crippen molar-refractivity contribution in [1.29, 1.82) is 0 Å². The van der Waals surface area contributed by atoms with Crippen LogP contribution in [0.2, 0.25) is 5.02 Å². The van der Waals surface area contributed by atoms with E-state index in [2.05, 4.69) is 0 Å². The number of carbonyl (C=O) groups excluding carboxylic acids is 1. The molecule has 0 heterocycles. The van der Waals surface area contributed by atoms with Gasteiger partial charge in [-0.2, -0.15) is 0 Å². The van der Waals surface area contributed by atoms with Crippen molar-refractivity contribution in [3.63, 3.8) is 0 Å². The van der Waals surface area contributed by atoms with Crippen LogP contribution in [-0.2, 0) is 11.2 Å². The van der Waals surface area contributed by atoms with Gasteiger partial charge in [-0.1, -0.05) is 36.6 Å². The van der Waals surface area contributed by atoms with Gasteiger partial charge in [0.05, 0.1) is 0 Å². The molecule has 2 heteroatoms. The molecule has 0 aromatic heterocycles. The van der Waals surface area contributed by atoms with E-state index < -0.39 is 0 Å². The minimum Gasteiger partial charge on any atom is -0.299 e. The van der Waals surface area contributed by atoms with E-state index in [4.69, 9.17) is 11.6 Å². The maximum absolute atomic E-state index is 11.9. The molecular weight excluding hydrogens is 208 g/mol. The SMILES string of the molecule is O=C(Cc1cccc(Cl)c1)C1CCCC1. The molecule has 0 N–H and O–H groups in total. The van der Waals surface area contributed by atoms with Gasteiger partial charge >= 0.3 is 0 Å². The minimum absolute atomic E-state index is 0.309. The molecule has 1 nitrogen and oxygen atoms in total. The Morgan fingerprint density at radius 3 is 2.73 bits per heavy atom. The first-order valence-corrected chi connectivity index (χ1v) is 5.90. The standard InChI is InChI=1S/C13H15ClO/c14-12-7-3-4-10(8-12)9-13(15)11-5-1-2-6-11/h3-4,7-8,11H,1-2,5-6,9H2. The molecule has 2 rings (SSSR count). The number of benzene rings is 1. The van der Waals surface area contributed by atoms with Crippen molar-refractivity contribution in [3.05, 3.63) is 34.9 Å². The summed E-state index contributed by atoms with van der Waals surface area (Å²) in [6, 6.07) is 7.60. The Balaban J connectivity index is 1.99. The van der Waals surface area contributed by atoms with E-state index in [1.165, 1.54) is 12.8 Å². The molecule has 1 aromatic carbocycles. The summed E-state index contributed by atoms with van der Waals surface area (Å²) in [5, 5.41) is 0.715. The molecule has 0 atom stereocenters. The third-order valence-electron chi connectivity index (χ3n) is 3.08. The van der Waals surface area contributed by atoms with Gasteiger partial charge in [0.25, 0.3) is 0 Å². The summed E-state index contributed by atoms with van der Waals surface area (Å²) in [7, 11) is 0. The summed E-state index contributed by atoms with van der Waals surface area (Å²) < 4.78 is 0. The van der Waals surface area contributed by atoms with Crippen LogP contribution in [0.3, 0.4) is 0 Å². The average Bonchev–Trinajstić information content (AvgIpc) is 2.70. The van der Waals surface area contributed by atoms with Crippen molar-refractivity contribution >= 4 is 17.4 Å². The largest absolute Gasteiger partial charge is 0.299 e. The normalized spacial score (nSPS) is 16.9. The minimum atomic E-state index is 0.309. The van der Waals surface area contributed by atoms with Gasteiger partial charge in [0.15, 0.2) is 0 Å². The van der Waals surface area contributed by atoms with Gasteiger partial charge in [0.1, 0.15) is 5.78 Å². The molecule has 1 saturated carbocycles. The van der Waals surface area contributed by atoms with Crippen molar-refractivity contribution in [3.8, 4) is 0 Å². The van der Waals surface area contributed by atoms with Crippen LogP contribution in [0.15, 0.2) is 24.3 Å². The zero-order valence-electron chi connectivity index (χ0n) is 8.71. The molecule has 15 heavy (non-hydrogen) atoms. The lowest BCUT2D eigenvalue weighted by Gasteiger charge is -2.07. The second-order valence-corrected chi connectivity index (χ2v) is 4.69. The molecular formula is C13H15ClO. The summed E-state index contributed by atoms with van der Waals surface area (Å²) in [4.78, 5) is 11.9. The first kappa shape index (κ1) is 10.7. The van der Waals surface area contributed by atoms with Crippen molar-refractivity contribution < 1.29 is 4.79 Å². The number of ketones is 1. The van der Waals surface area contributed by atoms with E-state index in [1.807, 2.05) is 24.3 Å². The van der Waals surface area contributed by atoms with Gasteiger partial charge in [-0.15, -0.1) is 0 Å². The summed E-state index contributed by atoms with van der Waals surface area (Å²) in [6.45, 7) is 0. The Kier molecular flexibility index (Phi) is 3.42. The second-order valence-electron chi connectivity index (χ2n) is 4.25. The van der Waals surface area contributed by atoms with Gasteiger partial charge in [0.2, 0.25) is 0 Å². The number of rotatable bonds is 3. The zero-order valence-corrected chi connectivity index (χ0v) is 9.46. The molecule has 80 valence electrons. The van der Waals surface area contributed by atoms with Crippen LogP contribution in [0.4, 0.5) is 0 Å². The Morgan fingerprint density at radius 2 is 2.07 bits per heavy atom. The van der Waals surface area contributed by atoms with E-state index >= 15 is 0 Å². The third kappa shape index (κ3) is 2.82. The van der Waals surface area contributed by atoms with Crippen LogP contribution >= 0.6 is 11.6 Å². The lowest BCUT2D eigenvalue weighted by atomic mass is 9.97. The maximum atomic E-state index is 11.9. The van der Waals surface area contributed by atoms with E-state index in [1.54, 1.807) is 0 Å². The summed E-state index contributed by atoms with van der Waals surface area (Å²) in [5.41, 5.74) is 1.04. The van der Waals surface area contributed by atoms with Crippen molar-refractivity contribution in [2.45, 2.75) is 32.1 Å². The molecule has 1 fully saturated rings. The van der Waals surface area contributed by atoms with Crippen LogP contribution in [0.5, 0.6) is 0 Å². The van der Waals surface area contributed by atoms with E-state index in [0.717, 1.165) is 18.4 Å². The molecule has 0 unspecified atom stereocenters. The predicted octanol–water partition coefficient (Wildman–Crippen LogP) is 3.64. The van der Waals surface area contributed by atoms with Crippen LogP contribution in [0.1, 0.15) is 31.2 Å². The van der Waals surface area contributed by atoms with E-state index in [9.17, 15) is 4.79 Å². The molecule has 0 amide bonds. The van der Waals surface area contributed by atoms with Gasteiger partial charge in [0, 0.05) is 17.4 Å².